The number of halogens is 2. The lowest BCUT2D eigenvalue weighted by molar-refractivity contribution is 0.425. The predicted octanol–water partition coefficient (Wildman–Crippen LogP) is 1.79. The van der Waals surface area contributed by atoms with Crippen molar-refractivity contribution in [3.63, 3.8) is 0 Å². The van der Waals surface area contributed by atoms with E-state index in [-0.39, 0.29) is 0 Å². The Balaban J connectivity index is 2.70. The van der Waals surface area contributed by atoms with Crippen molar-refractivity contribution in [1.29, 1.82) is 0 Å². The van der Waals surface area contributed by atoms with Crippen LogP contribution in [0.5, 0.6) is 0 Å². The molecule has 0 unspecified atom stereocenters. The summed E-state index contributed by atoms with van der Waals surface area (Å²) < 4.78 is 3.19. The Morgan fingerprint density at radius 2 is 1.86 bits per heavy atom. The van der Waals surface area contributed by atoms with Crippen LogP contribution in [0.1, 0.15) is 0 Å². The highest BCUT2D eigenvalue weighted by Crippen LogP contribution is 2.27. The molecule has 2 nitrogen and oxygen atoms in total. The Morgan fingerprint density at radius 3 is 2.50 bits per heavy atom. The zero-order valence-electron chi connectivity index (χ0n) is 6.87. The first-order chi connectivity index (χ1) is 6.58. The van der Waals surface area contributed by atoms with E-state index in [9.17, 15) is 0 Å². The molecular formula is C8H5BI2O2S. The first kappa shape index (κ1) is 11.1. The second-order valence-corrected chi connectivity index (χ2v) is 6.98. The molecule has 2 aromatic rings. The number of benzene rings is 1. The summed E-state index contributed by atoms with van der Waals surface area (Å²) in [5.74, 6) is 0. The SMILES string of the molecule is OB(O)c1cc2sc(I)cc2cc1I. The van der Waals surface area contributed by atoms with Gasteiger partial charge >= 0.3 is 7.12 Å². The van der Waals surface area contributed by atoms with Crippen molar-refractivity contribution in [2.45, 2.75) is 0 Å². The molecule has 0 spiro atoms. The van der Waals surface area contributed by atoms with Crippen LogP contribution in [0.2, 0.25) is 0 Å². The topological polar surface area (TPSA) is 40.5 Å². The van der Waals surface area contributed by atoms with Gasteiger partial charge in [0.15, 0.2) is 0 Å². The van der Waals surface area contributed by atoms with Crippen LogP contribution in [-0.4, -0.2) is 17.2 Å². The zero-order valence-corrected chi connectivity index (χ0v) is 12.0. The third-order valence-electron chi connectivity index (χ3n) is 1.88. The Labute approximate surface area is 113 Å². The van der Waals surface area contributed by atoms with Gasteiger partial charge in [0.25, 0.3) is 0 Å². The number of rotatable bonds is 1. The van der Waals surface area contributed by atoms with Gasteiger partial charge in [0.05, 0.1) is 2.88 Å². The largest absolute Gasteiger partial charge is 0.489 e. The zero-order chi connectivity index (χ0) is 10.3. The maximum absolute atomic E-state index is 9.12. The van der Waals surface area contributed by atoms with Crippen molar-refractivity contribution in [2.24, 2.45) is 0 Å². The van der Waals surface area contributed by atoms with E-state index in [1.165, 1.54) is 2.88 Å². The minimum Gasteiger partial charge on any atom is -0.423 e. The average molecular weight is 430 g/mol. The minimum absolute atomic E-state index is 0.580. The average Bonchev–Trinajstić information content (AvgIpc) is 2.42. The fourth-order valence-electron chi connectivity index (χ4n) is 1.24. The van der Waals surface area contributed by atoms with Crippen LogP contribution in [0.3, 0.4) is 0 Å². The van der Waals surface area contributed by atoms with Gasteiger partial charge in [-0.3, -0.25) is 0 Å². The van der Waals surface area contributed by atoms with Crippen molar-refractivity contribution in [2.75, 3.05) is 0 Å². The van der Waals surface area contributed by atoms with E-state index in [2.05, 4.69) is 51.2 Å². The Kier molecular flexibility index (Phi) is 3.37. The van der Waals surface area contributed by atoms with E-state index in [0.717, 1.165) is 13.7 Å². The molecule has 14 heavy (non-hydrogen) atoms. The summed E-state index contributed by atoms with van der Waals surface area (Å²) in [7, 11) is -1.38. The van der Waals surface area contributed by atoms with E-state index in [4.69, 9.17) is 10.0 Å². The third-order valence-corrected chi connectivity index (χ3v) is 4.68. The second kappa shape index (κ2) is 4.24. The fraction of sp³-hybridized carbons (Fsp3) is 0. The van der Waals surface area contributed by atoms with Crippen molar-refractivity contribution >= 4 is 79.2 Å². The number of fused-ring (bicyclic) bond motifs is 1. The molecular weight excluding hydrogens is 425 g/mol. The molecule has 72 valence electrons. The third kappa shape index (κ3) is 2.08. The van der Waals surface area contributed by atoms with Crippen LogP contribution >= 0.6 is 56.5 Å². The molecule has 0 saturated carbocycles. The molecule has 2 rings (SSSR count). The highest BCUT2D eigenvalue weighted by Gasteiger charge is 2.16. The lowest BCUT2D eigenvalue weighted by atomic mass is 9.80. The summed E-state index contributed by atoms with van der Waals surface area (Å²) in [5, 5.41) is 19.4. The molecule has 0 aliphatic carbocycles. The highest BCUT2D eigenvalue weighted by atomic mass is 127. The van der Waals surface area contributed by atoms with Crippen molar-refractivity contribution in [1.82, 2.24) is 0 Å². The maximum atomic E-state index is 9.12. The lowest BCUT2D eigenvalue weighted by Crippen LogP contribution is -2.32. The van der Waals surface area contributed by atoms with E-state index >= 15 is 0 Å². The molecule has 0 aliphatic heterocycles. The van der Waals surface area contributed by atoms with Gasteiger partial charge in [-0.25, -0.2) is 0 Å². The van der Waals surface area contributed by atoms with Crippen LogP contribution in [0.25, 0.3) is 10.1 Å². The molecule has 0 bridgehead atoms. The van der Waals surface area contributed by atoms with Gasteiger partial charge < -0.3 is 10.0 Å². The summed E-state index contributed by atoms with van der Waals surface area (Å²) >= 11 is 6.03. The second-order valence-electron chi connectivity index (χ2n) is 2.84. The molecule has 0 atom stereocenters. The lowest BCUT2D eigenvalue weighted by Gasteiger charge is -2.02. The first-order valence-corrected chi connectivity index (χ1v) is 6.80. The van der Waals surface area contributed by atoms with Crippen molar-refractivity contribution in [3.8, 4) is 0 Å². The molecule has 0 amide bonds. The van der Waals surface area contributed by atoms with E-state index < -0.39 is 7.12 Å². The van der Waals surface area contributed by atoms with Crippen molar-refractivity contribution in [3.05, 3.63) is 24.7 Å². The highest BCUT2D eigenvalue weighted by molar-refractivity contribution is 14.1. The Morgan fingerprint density at radius 1 is 1.14 bits per heavy atom. The maximum Gasteiger partial charge on any atom is 0.489 e. The molecule has 0 radical (unpaired) electrons. The molecule has 0 saturated heterocycles. The number of thiophene rings is 1. The van der Waals surface area contributed by atoms with E-state index in [1.807, 2.05) is 12.1 Å². The van der Waals surface area contributed by atoms with Gasteiger partial charge in [0, 0.05) is 8.27 Å². The van der Waals surface area contributed by atoms with Crippen molar-refractivity contribution < 1.29 is 10.0 Å². The van der Waals surface area contributed by atoms with Gasteiger partial charge in [-0.15, -0.1) is 11.3 Å². The van der Waals surface area contributed by atoms with Crippen LogP contribution in [0, 0.1) is 6.45 Å². The Bertz CT molecular complexity index is 483. The van der Waals surface area contributed by atoms with Crippen LogP contribution in [-0.2, 0) is 0 Å². The number of hydrogen-bond donors (Lipinski definition) is 2. The molecule has 2 N–H and O–H groups in total. The van der Waals surface area contributed by atoms with E-state index in [1.54, 1.807) is 11.3 Å². The standard InChI is InChI=1S/C8H5BI2O2S/c10-6-1-4-2-8(11)14-7(4)3-5(6)9(12)13/h1-3,12-13H. The smallest absolute Gasteiger partial charge is 0.423 e. The summed E-state index contributed by atoms with van der Waals surface area (Å²) in [6.07, 6.45) is 0. The molecule has 0 aliphatic rings. The predicted molar refractivity (Wildman–Crippen MR) is 77.1 cm³/mol. The molecule has 6 heteroatoms. The van der Waals surface area contributed by atoms with Crippen LogP contribution in [0.15, 0.2) is 18.2 Å². The summed E-state index contributed by atoms with van der Waals surface area (Å²) in [6.45, 7) is 0. The van der Waals surface area contributed by atoms with Gasteiger partial charge in [-0.2, -0.15) is 0 Å². The summed E-state index contributed by atoms with van der Waals surface area (Å²) in [5.41, 5.74) is 0.580. The van der Waals surface area contributed by atoms with Gasteiger partial charge in [0.1, 0.15) is 0 Å². The monoisotopic (exact) mass is 430 g/mol. The molecule has 1 aromatic carbocycles. The summed E-state index contributed by atoms with van der Waals surface area (Å²) in [6, 6.07) is 5.91. The van der Waals surface area contributed by atoms with Gasteiger partial charge in [-0.05, 0) is 74.2 Å². The molecule has 0 fully saturated rings. The first-order valence-electron chi connectivity index (χ1n) is 3.82. The fourth-order valence-corrected chi connectivity index (χ4v) is 3.87. The van der Waals surface area contributed by atoms with Gasteiger partial charge in [0.2, 0.25) is 0 Å². The van der Waals surface area contributed by atoms with E-state index in [0.29, 0.717) is 5.46 Å². The Hall–Kier alpha value is 0.625. The van der Waals surface area contributed by atoms with Gasteiger partial charge in [-0.1, -0.05) is 0 Å². The summed E-state index contributed by atoms with van der Waals surface area (Å²) in [4.78, 5) is 0. The van der Waals surface area contributed by atoms with Crippen LogP contribution in [0.4, 0.5) is 0 Å². The number of hydrogen-bond acceptors (Lipinski definition) is 3. The minimum atomic E-state index is -1.38. The normalized spacial score (nSPS) is 10.9. The quantitative estimate of drug-likeness (QED) is 0.536. The molecule has 1 heterocycles. The van der Waals surface area contributed by atoms with Crippen LogP contribution < -0.4 is 5.46 Å². The molecule has 1 aromatic heterocycles.